The molecule has 4 saturated carbocycles. The van der Waals surface area contributed by atoms with Gasteiger partial charge in [0.25, 0.3) is 0 Å². The van der Waals surface area contributed by atoms with Crippen LogP contribution >= 0.6 is 0 Å². The molecule has 3 nitrogen and oxygen atoms in total. The minimum Gasteiger partial charge on any atom is -0.393 e. The van der Waals surface area contributed by atoms with Gasteiger partial charge in [-0.1, -0.05) is 54.0 Å². The molecule has 0 aromatic carbocycles. The molecule has 0 aromatic rings. The number of carbonyl (C=O) groups excluding carboxylic acids is 2. The van der Waals surface area contributed by atoms with Crippen molar-refractivity contribution >= 4 is 11.6 Å². The Morgan fingerprint density at radius 3 is 2.26 bits per heavy atom. The summed E-state index contributed by atoms with van der Waals surface area (Å²) in [6.45, 7) is 15.6. The smallest absolute Gasteiger partial charge is 0.159 e. The molecule has 1 N–H and O–H groups in total. The zero-order valence-corrected chi connectivity index (χ0v) is 22.7. The Morgan fingerprint density at radius 1 is 0.941 bits per heavy atom. The number of aliphatic hydroxyl groups excluding tert-OH is 1. The average molecular weight is 469 g/mol. The second kappa shape index (κ2) is 7.77. The Balaban J connectivity index is 1.52. The van der Waals surface area contributed by atoms with Gasteiger partial charge in [0.05, 0.1) is 6.10 Å². The third-order valence-corrected chi connectivity index (χ3v) is 12.1. The summed E-state index contributed by atoms with van der Waals surface area (Å²) < 4.78 is 0. The van der Waals surface area contributed by atoms with Crippen molar-refractivity contribution in [3.05, 3.63) is 11.6 Å². The van der Waals surface area contributed by atoms with E-state index in [2.05, 4.69) is 54.5 Å². The topological polar surface area (TPSA) is 54.4 Å². The van der Waals surface area contributed by atoms with Crippen molar-refractivity contribution in [2.45, 2.75) is 112 Å². The van der Waals surface area contributed by atoms with Crippen molar-refractivity contribution in [1.29, 1.82) is 0 Å². The number of aliphatic hydroxyl groups is 1. The predicted octanol–water partition coefficient (Wildman–Crippen LogP) is 6.77. The highest BCUT2D eigenvalue weighted by molar-refractivity contribution is 5.95. The molecule has 5 aliphatic rings. The molecule has 0 saturated heterocycles. The van der Waals surface area contributed by atoms with Gasteiger partial charge in [-0.25, -0.2) is 0 Å². The molecular formula is C31H48O3. The molecule has 5 aliphatic carbocycles. The molecule has 9 unspecified atom stereocenters. The van der Waals surface area contributed by atoms with E-state index in [1.807, 2.05) is 0 Å². The van der Waals surface area contributed by atoms with Crippen molar-refractivity contribution < 1.29 is 14.7 Å². The van der Waals surface area contributed by atoms with Crippen molar-refractivity contribution in [3.63, 3.8) is 0 Å². The van der Waals surface area contributed by atoms with Crippen LogP contribution in [0, 0.1) is 57.2 Å². The third-order valence-electron chi connectivity index (χ3n) is 12.1. The summed E-state index contributed by atoms with van der Waals surface area (Å²) in [7, 11) is 0. The van der Waals surface area contributed by atoms with Gasteiger partial charge in [0.1, 0.15) is 5.78 Å². The number of fused-ring (bicyclic) bond motifs is 7. The van der Waals surface area contributed by atoms with Crippen molar-refractivity contribution in [2.75, 3.05) is 0 Å². The number of Topliss-reactive ketones (excluding diaryl/α,β-unsaturated/α-hetero) is 1. The van der Waals surface area contributed by atoms with Crippen LogP contribution in [-0.4, -0.2) is 22.8 Å². The average Bonchev–Trinajstić information content (AvgIpc) is 2.74. The minimum atomic E-state index is -0.296. The minimum absolute atomic E-state index is 0.0107. The highest BCUT2D eigenvalue weighted by atomic mass is 16.3. The summed E-state index contributed by atoms with van der Waals surface area (Å²) in [5.41, 5.74) is 1.34. The van der Waals surface area contributed by atoms with Crippen LogP contribution in [0.2, 0.25) is 0 Å². The van der Waals surface area contributed by atoms with E-state index in [0.717, 1.165) is 44.9 Å². The molecule has 4 fully saturated rings. The molecule has 0 aliphatic heterocycles. The van der Waals surface area contributed by atoms with E-state index in [4.69, 9.17) is 0 Å². The molecule has 190 valence electrons. The van der Waals surface area contributed by atoms with Gasteiger partial charge in [0, 0.05) is 17.3 Å². The van der Waals surface area contributed by atoms with Gasteiger partial charge in [-0.05, 0) is 104 Å². The van der Waals surface area contributed by atoms with Crippen molar-refractivity contribution in [2.24, 2.45) is 57.2 Å². The first-order valence-corrected chi connectivity index (χ1v) is 14.2. The Hall–Kier alpha value is -0.960. The van der Waals surface area contributed by atoms with E-state index < -0.39 is 0 Å². The molecular weight excluding hydrogens is 420 g/mol. The van der Waals surface area contributed by atoms with E-state index in [0.29, 0.717) is 29.3 Å². The molecule has 0 spiro atoms. The van der Waals surface area contributed by atoms with Crippen LogP contribution in [0.4, 0.5) is 0 Å². The molecule has 0 bridgehead atoms. The third kappa shape index (κ3) is 3.38. The Kier molecular flexibility index (Phi) is 5.65. The number of hydrogen-bond acceptors (Lipinski definition) is 3. The molecule has 0 amide bonds. The quantitative estimate of drug-likeness (QED) is 0.462. The lowest BCUT2D eigenvalue weighted by molar-refractivity contribution is -0.169. The van der Waals surface area contributed by atoms with Crippen LogP contribution in [-0.2, 0) is 9.59 Å². The monoisotopic (exact) mass is 468 g/mol. The fourth-order valence-corrected chi connectivity index (χ4v) is 10.2. The first kappa shape index (κ1) is 24.7. The van der Waals surface area contributed by atoms with E-state index in [1.54, 1.807) is 0 Å². The maximum absolute atomic E-state index is 14.1. The fourth-order valence-electron chi connectivity index (χ4n) is 10.2. The fraction of sp³-hybridized carbons (Fsp3) is 0.871. The van der Waals surface area contributed by atoms with Crippen LogP contribution in [0.1, 0.15) is 106 Å². The lowest BCUT2D eigenvalue weighted by Crippen LogP contribution is -2.62. The van der Waals surface area contributed by atoms with Gasteiger partial charge in [-0.3, -0.25) is 9.59 Å². The van der Waals surface area contributed by atoms with E-state index >= 15 is 0 Å². The van der Waals surface area contributed by atoms with Gasteiger partial charge in [-0.15, -0.1) is 0 Å². The number of carbonyl (C=O) groups is 2. The second-order valence-corrected chi connectivity index (χ2v) is 15.0. The standard InChI is InChI=1S/C31H48O3/c1-18-21-10-14-31(7)22-9-13-29(5)12-8-19(27(34)28(2,3)4)16-23(29)20(22)17-25(33)26(31)30(21,6)15-11-24(18)32/h17-19,21-24,26,32H,8-16H2,1-7H3/t18?,19-,21?,22?,23?,24?,26?,29?,30?,31?/m0/s1. The zero-order valence-electron chi connectivity index (χ0n) is 22.7. The highest BCUT2D eigenvalue weighted by Gasteiger charge is 2.64. The van der Waals surface area contributed by atoms with Gasteiger partial charge in [0.15, 0.2) is 5.78 Å². The number of allylic oxidation sites excluding steroid dienone is 2. The normalized spacial score (nSPS) is 50.9. The Labute approximate surface area is 207 Å². The first-order valence-electron chi connectivity index (χ1n) is 14.2. The first-order chi connectivity index (χ1) is 15.7. The molecule has 10 atom stereocenters. The lowest BCUT2D eigenvalue weighted by atomic mass is 9.38. The molecule has 0 radical (unpaired) electrons. The molecule has 34 heavy (non-hydrogen) atoms. The summed E-state index contributed by atoms with van der Waals surface area (Å²) in [5.74, 6) is 2.52. The van der Waals surface area contributed by atoms with Crippen molar-refractivity contribution in [3.8, 4) is 0 Å². The van der Waals surface area contributed by atoms with E-state index in [1.165, 1.54) is 18.4 Å². The van der Waals surface area contributed by atoms with Crippen LogP contribution in [0.25, 0.3) is 0 Å². The van der Waals surface area contributed by atoms with Crippen LogP contribution in [0.15, 0.2) is 11.6 Å². The summed E-state index contributed by atoms with van der Waals surface area (Å²) in [4.78, 5) is 27.3. The number of hydrogen-bond donors (Lipinski definition) is 1. The Morgan fingerprint density at radius 2 is 1.59 bits per heavy atom. The molecule has 0 heterocycles. The predicted molar refractivity (Wildman–Crippen MR) is 136 cm³/mol. The van der Waals surface area contributed by atoms with Crippen LogP contribution in [0.5, 0.6) is 0 Å². The van der Waals surface area contributed by atoms with Gasteiger partial charge >= 0.3 is 0 Å². The van der Waals surface area contributed by atoms with E-state index in [9.17, 15) is 14.7 Å². The SMILES string of the molecule is CC1C(O)CCC2(C)C1CCC1(C)C3CCC4(C)CC[C@H](C(=O)C(C)(C)C)CC4C3=CC(=O)C12. The molecule has 0 aromatic heterocycles. The molecule has 3 heteroatoms. The summed E-state index contributed by atoms with van der Waals surface area (Å²) in [6, 6.07) is 0. The van der Waals surface area contributed by atoms with Gasteiger partial charge < -0.3 is 5.11 Å². The molecule has 5 rings (SSSR count). The second-order valence-electron chi connectivity index (χ2n) is 15.0. The number of rotatable bonds is 1. The summed E-state index contributed by atoms with van der Waals surface area (Å²) in [5, 5.41) is 10.6. The summed E-state index contributed by atoms with van der Waals surface area (Å²) >= 11 is 0. The van der Waals surface area contributed by atoms with Crippen LogP contribution in [0.3, 0.4) is 0 Å². The number of ketones is 2. The summed E-state index contributed by atoms with van der Waals surface area (Å²) in [6.07, 6.45) is 11.4. The van der Waals surface area contributed by atoms with Crippen LogP contribution < -0.4 is 0 Å². The largest absolute Gasteiger partial charge is 0.393 e. The van der Waals surface area contributed by atoms with Gasteiger partial charge in [-0.2, -0.15) is 0 Å². The van der Waals surface area contributed by atoms with Gasteiger partial charge in [0.2, 0.25) is 0 Å². The zero-order chi connectivity index (χ0) is 24.8. The van der Waals surface area contributed by atoms with Crippen molar-refractivity contribution in [1.82, 2.24) is 0 Å². The van der Waals surface area contributed by atoms with E-state index in [-0.39, 0.29) is 45.5 Å². The lowest BCUT2D eigenvalue weighted by Gasteiger charge is -2.65. The Bertz CT molecular complexity index is 910. The maximum Gasteiger partial charge on any atom is 0.159 e. The highest BCUT2D eigenvalue weighted by Crippen LogP contribution is 2.69. The maximum atomic E-state index is 14.1.